The van der Waals surface area contributed by atoms with Gasteiger partial charge in [0, 0.05) is 0 Å². The summed E-state index contributed by atoms with van der Waals surface area (Å²) in [6.07, 6.45) is 2.80. The molecule has 7 heteroatoms. The largest absolute Gasteiger partial charge is 0.147 e. The van der Waals surface area contributed by atoms with E-state index in [2.05, 4.69) is 45.9 Å². The molecule has 0 amide bonds. The van der Waals surface area contributed by atoms with Crippen LogP contribution in [-0.4, -0.2) is 38.7 Å². The standard InChI is InChI=1S/C20H23AsN2OS.2ClH/c1-21-16-10-12-23(13-11-16)14-15-6-8-17(9-7-15)24-20-22-18-4-2-3-5-19(18)25-20;;/h2-9,16,21H,10-14H2,1H3;2*1H. The van der Waals surface area contributed by atoms with Crippen molar-refractivity contribution in [3.8, 4) is 10.9 Å². The Morgan fingerprint density at radius 2 is 1.78 bits per heavy atom. The van der Waals surface area contributed by atoms with E-state index in [1.54, 1.807) is 11.3 Å². The Kier molecular flexibility index (Phi) is 8.91. The van der Waals surface area contributed by atoms with Crippen LogP contribution in [0.25, 0.3) is 10.2 Å². The van der Waals surface area contributed by atoms with E-state index in [1.807, 2.05) is 18.2 Å². The summed E-state index contributed by atoms with van der Waals surface area (Å²) in [5.41, 5.74) is 4.80. The third-order valence-electron chi connectivity index (χ3n) is 4.80. The molecule has 1 atom stereocenters. The summed E-state index contributed by atoms with van der Waals surface area (Å²) < 4.78 is 8.15. The molecule has 0 bridgehead atoms. The van der Waals surface area contributed by atoms with Gasteiger partial charge in [-0.15, -0.1) is 24.8 Å². The van der Waals surface area contributed by atoms with E-state index < -0.39 is 0 Å². The number of benzene rings is 2. The first-order chi connectivity index (χ1) is 12.3. The van der Waals surface area contributed by atoms with Gasteiger partial charge in [-0.2, -0.15) is 0 Å². The molecule has 1 saturated heterocycles. The van der Waals surface area contributed by atoms with Gasteiger partial charge >= 0.3 is 125 Å². The van der Waals surface area contributed by atoms with Crippen LogP contribution in [0.3, 0.4) is 0 Å². The van der Waals surface area contributed by atoms with Crippen LogP contribution in [0.2, 0.25) is 10.4 Å². The molecule has 2 heterocycles. The predicted octanol–water partition coefficient (Wildman–Crippen LogP) is 5.80. The van der Waals surface area contributed by atoms with Gasteiger partial charge in [0.1, 0.15) is 0 Å². The predicted molar refractivity (Wildman–Crippen MR) is 122 cm³/mol. The Bertz CT molecular complexity index is 802. The molecule has 1 unspecified atom stereocenters. The number of para-hydroxylation sites is 1. The number of thiazole rings is 1. The van der Waals surface area contributed by atoms with Crippen LogP contribution in [0.5, 0.6) is 10.9 Å². The van der Waals surface area contributed by atoms with Gasteiger partial charge in [-0.05, 0) is 12.1 Å². The Balaban J connectivity index is 0.00000131. The van der Waals surface area contributed by atoms with E-state index in [4.69, 9.17) is 4.74 Å². The first-order valence-electron chi connectivity index (χ1n) is 8.82. The van der Waals surface area contributed by atoms with E-state index >= 15 is 0 Å². The van der Waals surface area contributed by atoms with Crippen LogP contribution in [0.15, 0.2) is 48.5 Å². The molecular formula is C20H25AsCl2N2OS. The molecule has 0 spiro atoms. The number of aromatic nitrogens is 1. The van der Waals surface area contributed by atoms with Crippen molar-refractivity contribution in [3.63, 3.8) is 0 Å². The maximum atomic E-state index is 5.93. The number of fused-ring (bicyclic) bond motifs is 1. The molecule has 1 aliphatic rings. The van der Waals surface area contributed by atoms with Crippen molar-refractivity contribution in [1.29, 1.82) is 0 Å². The molecule has 3 nitrogen and oxygen atoms in total. The van der Waals surface area contributed by atoms with Gasteiger partial charge in [0.2, 0.25) is 0 Å². The number of nitrogens with zero attached hydrogens (tertiary/aromatic N) is 2. The Morgan fingerprint density at radius 3 is 2.44 bits per heavy atom. The second-order valence-electron chi connectivity index (χ2n) is 6.53. The fourth-order valence-corrected chi connectivity index (χ4v) is 5.88. The van der Waals surface area contributed by atoms with Gasteiger partial charge in [-0.25, -0.2) is 0 Å². The maximum absolute atomic E-state index is 5.93. The Morgan fingerprint density at radius 1 is 1.07 bits per heavy atom. The zero-order valence-corrected chi connectivity index (χ0v) is 19.8. The van der Waals surface area contributed by atoms with Crippen LogP contribution in [0, 0.1) is 0 Å². The summed E-state index contributed by atoms with van der Waals surface area (Å²) in [4.78, 5) is 7.12. The number of rotatable bonds is 5. The first-order valence-corrected chi connectivity index (χ1v) is 12.9. The molecule has 1 aromatic heterocycles. The number of hydrogen-bond acceptors (Lipinski definition) is 4. The van der Waals surface area contributed by atoms with Crippen molar-refractivity contribution in [1.82, 2.24) is 9.88 Å². The van der Waals surface area contributed by atoms with Crippen LogP contribution in [0.4, 0.5) is 0 Å². The molecule has 0 N–H and O–H groups in total. The average Bonchev–Trinajstić information content (AvgIpc) is 3.06. The van der Waals surface area contributed by atoms with Gasteiger partial charge in [-0.1, -0.05) is 12.1 Å². The molecule has 0 saturated carbocycles. The van der Waals surface area contributed by atoms with Gasteiger partial charge < -0.3 is 0 Å². The molecule has 1 fully saturated rings. The van der Waals surface area contributed by atoms with Gasteiger partial charge in [0.25, 0.3) is 0 Å². The maximum Gasteiger partial charge on any atom is -0.147 e. The summed E-state index contributed by atoms with van der Waals surface area (Å²) >= 11 is 1.89. The molecular weight excluding hydrogens is 462 g/mol. The monoisotopic (exact) mass is 486 g/mol. The van der Waals surface area contributed by atoms with Crippen molar-refractivity contribution in [2.45, 2.75) is 29.8 Å². The van der Waals surface area contributed by atoms with Crippen molar-refractivity contribution >= 4 is 62.1 Å². The van der Waals surface area contributed by atoms with E-state index in [0.717, 1.165) is 27.2 Å². The summed E-state index contributed by atoms with van der Waals surface area (Å²) in [5, 5.41) is 0.708. The van der Waals surface area contributed by atoms with Gasteiger partial charge in [0.15, 0.2) is 0 Å². The molecule has 27 heavy (non-hydrogen) atoms. The molecule has 3 aromatic rings. The van der Waals surface area contributed by atoms with Gasteiger partial charge in [-0.3, -0.25) is 0 Å². The number of halogens is 2. The van der Waals surface area contributed by atoms with E-state index in [0.29, 0.717) is 20.9 Å². The van der Waals surface area contributed by atoms with E-state index in [9.17, 15) is 0 Å². The molecule has 146 valence electrons. The molecule has 1 aliphatic heterocycles. The van der Waals surface area contributed by atoms with Gasteiger partial charge in [0.05, 0.1) is 10.2 Å². The van der Waals surface area contributed by atoms with E-state index in [1.165, 1.54) is 31.5 Å². The smallest absolute Gasteiger partial charge is 0.147 e. The van der Waals surface area contributed by atoms with Crippen LogP contribution < -0.4 is 4.74 Å². The molecule has 0 radical (unpaired) electrons. The summed E-state index contributed by atoms with van der Waals surface area (Å²) in [5.74, 6) is 0.859. The second-order valence-corrected chi connectivity index (χ2v) is 10.5. The normalized spacial score (nSPS) is 15.6. The summed E-state index contributed by atoms with van der Waals surface area (Å²) in [7, 11) is 0. The average molecular weight is 487 g/mol. The fourth-order valence-electron chi connectivity index (χ4n) is 3.30. The van der Waals surface area contributed by atoms with Crippen molar-refractivity contribution in [2.24, 2.45) is 0 Å². The minimum atomic E-state index is 0. The Hall–Kier alpha value is -0.772. The topological polar surface area (TPSA) is 25.4 Å². The molecule has 0 aliphatic carbocycles. The second kappa shape index (κ2) is 10.7. The number of likely N-dealkylation sites (tertiary alicyclic amines) is 1. The zero-order chi connectivity index (χ0) is 17.1. The minimum absolute atomic E-state index is 0. The fraction of sp³-hybridized carbons (Fsp3) is 0.350. The first kappa shape index (κ1) is 22.5. The quantitative estimate of drug-likeness (QED) is 0.426. The van der Waals surface area contributed by atoms with Crippen molar-refractivity contribution < 1.29 is 4.74 Å². The third-order valence-corrected chi connectivity index (χ3v) is 8.64. The number of ether oxygens (including phenoxy) is 1. The number of hydrogen-bond donors (Lipinski definition) is 0. The molecule has 2 aromatic carbocycles. The SMILES string of the molecule is C[AsH]C1CCN(Cc2ccc(Oc3nc4ccccc4s3)cc2)CC1.Cl.Cl. The number of piperidine rings is 1. The van der Waals surface area contributed by atoms with Crippen LogP contribution in [-0.2, 0) is 6.54 Å². The van der Waals surface area contributed by atoms with Crippen molar-refractivity contribution in [2.75, 3.05) is 13.1 Å². The third kappa shape index (κ3) is 5.85. The molecule has 4 rings (SSSR count). The minimum Gasteiger partial charge on any atom is -0.147 e. The summed E-state index contributed by atoms with van der Waals surface area (Å²) in [6.45, 7) is 3.57. The van der Waals surface area contributed by atoms with Crippen LogP contribution in [0.1, 0.15) is 18.4 Å². The van der Waals surface area contributed by atoms with Crippen molar-refractivity contribution in [3.05, 3.63) is 54.1 Å². The van der Waals surface area contributed by atoms with E-state index in [-0.39, 0.29) is 24.8 Å². The Labute approximate surface area is 184 Å². The zero-order valence-electron chi connectivity index (χ0n) is 15.3. The summed E-state index contributed by atoms with van der Waals surface area (Å²) in [6, 6.07) is 16.6. The van der Waals surface area contributed by atoms with Crippen LogP contribution >= 0.6 is 36.2 Å².